The van der Waals surface area contributed by atoms with Crippen LogP contribution in [-0.2, 0) is 4.43 Å². The second kappa shape index (κ2) is 5.65. The van der Waals surface area contributed by atoms with Gasteiger partial charge in [-0.05, 0) is 41.4 Å². The van der Waals surface area contributed by atoms with Crippen molar-refractivity contribution in [3.05, 3.63) is 29.3 Å². The minimum absolute atomic E-state index is 0.0306. The Morgan fingerprint density at radius 2 is 1.87 bits per heavy atom. The van der Waals surface area contributed by atoms with E-state index in [0.29, 0.717) is 0 Å². The molecule has 5 heteroatoms. The third-order valence-electron chi connectivity index (χ3n) is 5.24. The van der Waals surface area contributed by atoms with Crippen LogP contribution in [0, 0.1) is 5.92 Å². The first-order valence-corrected chi connectivity index (χ1v) is 11.0. The van der Waals surface area contributed by atoms with E-state index in [1.165, 1.54) is 0 Å². The van der Waals surface area contributed by atoms with Crippen molar-refractivity contribution in [1.29, 1.82) is 0 Å². The van der Waals surface area contributed by atoms with Gasteiger partial charge in [0.2, 0.25) is 6.79 Å². The van der Waals surface area contributed by atoms with E-state index >= 15 is 0 Å². The highest BCUT2D eigenvalue weighted by molar-refractivity contribution is 6.74. The summed E-state index contributed by atoms with van der Waals surface area (Å²) in [5.41, 5.74) is 2.17. The van der Waals surface area contributed by atoms with E-state index in [9.17, 15) is 5.11 Å². The average molecular weight is 334 g/mol. The molecule has 0 saturated heterocycles. The predicted molar refractivity (Wildman–Crippen MR) is 93.2 cm³/mol. The molecule has 1 aliphatic heterocycles. The van der Waals surface area contributed by atoms with Gasteiger partial charge in [-0.3, -0.25) is 0 Å². The summed E-state index contributed by atoms with van der Waals surface area (Å²) in [5.74, 6) is 1.51. The smallest absolute Gasteiger partial charge is 0.231 e. The number of aliphatic hydroxyl groups excluding tert-OH is 1. The summed E-state index contributed by atoms with van der Waals surface area (Å²) in [6, 6.07) is 4.02. The monoisotopic (exact) mass is 334 g/mol. The molecule has 1 heterocycles. The van der Waals surface area contributed by atoms with Crippen LogP contribution in [0.2, 0.25) is 18.1 Å². The van der Waals surface area contributed by atoms with Gasteiger partial charge in [-0.2, -0.15) is 0 Å². The molecule has 0 saturated carbocycles. The molecule has 2 aliphatic rings. The number of rotatable bonds is 3. The molecule has 0 aromatic heterocycles. The molecule has 4 nitrogen and oxygen atoms in total. The van der Waals surface area contributed by atoms with Crippen molar-refractivity contribution >= 4 is 14.4 Å². The van der Waals surface area contributed by atoms with Crippen molar-refractivity contribution in [1.82, 2.24) is 0 Å². The third-order valence-corrected chi connectivity index (χ3v) is 9.69. The van der Waals surface area contributed by atoms with Crippen LogP contribution in [0.4, 0.5) is 0 Å². The molecule has 0 amide bonds. The first-order chi connectivity index (χ1) is 10.7. The van der Waals surface area contributed by atoms with Gasteiger partial charge in [-0.15, -0.1) is 0 Å². The van der Waals surface area contributed by atoms with Gasteiger partial charge in [0.1, 0.15) is 0 Å². The fourth-order valence-electron chi connectivity index (χ4n) is 2.72. The predicted octanol–water partition coefficient (Wildman–Crippen LogP) is 4.11. The van der Waals surface area contributed by atoms with E-state index in [1.807, 2.05) is 24.3 Å². The van der Waals surface area contributed by atoms with Crippen LogP contribution in [-0.4, -0.2) is 26.8 Å². The van der Waals surface area contributed by atoms with Crippen molar-refractivity contribution in [3.8, 4) is 11.5 Å². The third kappa shape index (κ3) is 2.93. The first kappa shape index (κ1) is 16.6. The number of ether oxygens (including phenoxy) is 2. The Labute approximate surface area is 139 Å². The lowest BCUT2D eigenvalue weighted by Gasteiger charge is -2.42. The summed E-state index contributed by atoms with van der Waals surface area (Å²) >= 11 is 0. The lowest BCUT2D eigenvalue weighted by atomic mass is 9.87. The molecule has 0 fully saturated rings. The summed E-state index contributed by atoms with van der Waals surface area (Å²) in [5, 5.41) is 9.92. The molecule has 0 unspecified atom stereocenters. The van der Waals surface area contributed by atoms with E-state index in [4.69, 9.17) is 13.9 Å². The highest BCUT2D eigenvalue weighted by Gasteiger charge is 2.42. The van der Waals surface area contributed by atoms with Crippen molar-refractivity contribution in [3.63, 3.8) is 0 Å². The van der Waals surface area contributed by atoms with Gasteiger partial charge >= 0.3 is 0 Å². The topological polar surface area (TPSA) is 47.9 Å². The van der Waals surface area contributed by atoms with E-state index in [1.54, 1.807) is 0 Å². The van der Waals surface area contributed by atoms with E-state index in [2.05, 4.69) is 33.9 Å². The molecule has 126 valence electrons. The standard InChI is InChI=1S/C18H26O4Si/c1-18(2,3)23(4,5)22-17-13(10-19)7-6-12-8-15-16(9-14(12)17)21-11-20-15/h6-9,13,17,19H,10-11H2,1-5H3/t13-,17+/m1/s1. The number of aliphatic hydroxyl groups is 1. The molecule has 1 aromatic rings. The Balaban J connectivity index is 2.00. The summed E-state index contributed by atoms with van der Waals surface area (Å²) in [6.45, 7) is 11.5. The van der Waals surface area contributed by atoms with Crippen LogP contribution in [0.5, 0.6) is 11.5 Å². The summed E-state index contributed by atoms with van der Waals surface area (Å²) in [7, 11) is -1.96. The second-order valence-electron chi connectivity index (χ2n) is 7.84. The fraction of sp³-hybridized carbons (Fsp3) is 0.556. The maximum Gasteiger partial charge on any atom is 0.231 e. The van der Waals surface area contributed by atoms with Gasteiger partial charge in [0, 0.05) is 5.92 Å². The van der Waals surface area contributed by atoms with Gasteiger partial charge in [0.15, 0.2) is 19.8 Å². The molecule has 0 bridgehead atoms. The van der Waals surface area contributed by atoms with Crippen LogP contribution >= 0.6 is 0 Å². The zero-order valence-electron chi connectivity index (χ0n) is 14.6. The Kier molecular flexibility index (Phi) is 4.07. The number of hydrogen-bond acceptors (Lipinski definition) is 4. The maximum absolute atomic E-state index is 9.81. The lowest BCUT2D eigenvalue weighted by Crippen LogP contribution is -2.43. The first-order valence-electron chi connectivity index (χ1n) is 8.13. The van der Waals surface area contributed by atoms with E-state index in [-0.39, 0.29) is 30.5 Å². The Bertz CT molecular complexity index is 631. The maximum atomic E-state index is 9.81. The van der Waals surface area contributed by atoms with Gasteiger partial charge in [0.25, 0.3) is 0 Å². The van der Waals surface area contributed by atoms with E-state index < -0.39 is 8.32 Å². The van der Waals surface area contributed by atoms with Crippen molar-refractivity contribution in [2.75, 3.05) is 13.4 Å². The second-order valence-corrected chi connectivity index (χ2v) is 12.6. The molecule has 0 radical (unpaired) electrons. The number of fused-ring (bicyclic) bond motifs is 2. The highest BCUT2D eigenvalue weighted by atomic mass is 28.4. The number of hydrogen-bond donors (Lipinski definition) is 1. The molecule has 1 aliphatic carbocycles. The molecule has 2 atom stereocenters. The average Bonchev–Trinajstić information content (AvgIpc) is 2.91. The molecule has 3 rings (SSSR count). The fourth-order valence-corrected chi connectivity index (χ4v) is 4.01. The quantitative estimate of drug-likeness (QED) is 0.845. The largest absolute Gasteiger partial charge is 0.454 e. The highest BCUT2D eigenvalue weighted by Crippen LogP contribution is 2.46. The molecule has 1 aromatic carbocycles. The minimum Gasteiger partial charge on any atom is -0.454 e. The molecule has 0 spiro atoms. The van der Waals surface area contributed by atoms with Crippen molar-refractivity contribution in [2.45, 2.75) is 45.0 Å². The van der Waals surface area contributed by atoms with Crippen molar-refractivity contribution < 1.29 is 19.0 Å². The van der Waals surface area contributed by atoms with Gasteiger partial charge in [0.05, 0.1) is 12.7 Å². The Morgan fingerprint density at radius 1 is 1.22 bits per heavy atom. The SMILES string of the molecule is CC(C)(C)[Si](C)(C)O[C@@H]1c2cc3c(cc2C=C[C@@H]1CO)OCO3. The zero-order valence-corrected chi connectivity index (χ0v) is 15.6. The summed E-state index contributed by atoms with van der Waals surface area (Å²) in [4.78, 5) is 0. The number of benzene rings is 1. The Hall–Kier alpha value is -1.30. The van der Waals surface area contributed by atoms with Crippen LogP contribution in [0.1, 0.15) is 38.0 Å². The van der Waals surface area contributed by atoms with E-state index in [0.717, 1.165) is 22.6 Å². The van der Waals surface area contributed by atoms with Gasteiger partial charge < -0.3 is 19.0 Å². The van der Waals surface area contributed by atoms with Gasteiger partial charge in [-0.25, -0.2) is 0 Å². The minimum atomic E-state index is -1.96. The summed E-state index contributed by atoms with van der Waals surface area (Å²) in [6.07, 6.45) is 3.95. The summed E-state index contributed by atoms with van der Waals surface area (Å²) < 4.78 is 17.7. The zero-order chi connectivity index (χ0) is 16.8. The molecule has 23 heavy (non-hydrogen) atoms. The van der Waals surface area contributed by atoms with Gasteiger partial charge in [-0.1, -0.05) is 32.9 Å². The van der Waals surface area contributed by atoms with Crippen molar-refractivity contribution in [2.24, 2.45) is 5.92 Å². The lowest BCUT2D eigenvalue weighted by molar-refractivity contribution is 0.0981. The van der Waals surface area contributed by atoms with Crippen LogP contribution < -0.4 is 9.47 Å². The van der Waals surface area contributed by atoms with Crippen LogP contribution in [0.3, 0.4) is 0 Å². The molecular formula is C18H26O4Si. The molecular weight excluding hydrogens is 308 g/mol. The molecule has 1 N–H and O–H groups in total. The Morgan fingerprint density at radius 3 is 2.48 bits per heavy atom. The van der Waals surface area contributed by atoms with Crippen LogP contribution in [0.15, 0.2) is 18.2 Å². The van der Waals surface area contributed by atoms with Crippen LogP contribution in [0.25, 0.3) is 6.08 Å². The normalized spacial score (nSPS) is 23.0.